The van der Waals surface area contributed by atoms with Crippen LogP contribution in [0.25, 0.3) is 0 Å². The molecule has 1 aromatic heterocycles. The first-order valence-electron chi connectivity index (χ1n) is 6.00. The van der Waals surface area contributed by atoms with Crippen molar-refractivity contribution in [1.82, 2.24) is 10.5 Å². The van der Waals surface area contributed by atoms with Gasteiger partial charge in [-0.1, -0.05) is 19.1 Å². The fourth-order valence-corrected chi connectivity index (χ4v) is 1.59. The third-order valence-corrected chi connectivity index (χ3v) is 2.72. The van der Waals surface area contributed by atoms with Crippen molar-refractivity contribution in [3.63, 3.8) is 0 Å². The highest BCUT2D eigenvalue weighted by Gasteiger charge is 2.12. The summed E-state index contributed by atoms with van der Waals surface area (Å²) in [6.07, 6.45) is 2.02. The monoisotopic (exact) mass is 276 g/mol. The van der Waals surface area contributed by atoms with Gasteiger partial charge in [0.1, 0.15) is 5.75 Å². The maximum absolute atomic E-state index is 13.7. The van der Waals surface area contributed by atoms with E-state index in [0.29, 0.717) is 5.75 Å². The van der Waals surface area contributed by atoms with Crippen molar-refractivity contribution in [1.29, 1.82) is 0 Å². The molecule has 0 saturated heterocycles. The van der Waals surface area contributed by atoms with Crippen LogP contribution in [0.4, 0.5) is 4.39 Å². The molecule has 5 nitrogen and oxygen atoms in total. The van der Waals surface area contributed by atoms with Crippen LogP contribution in [0, 0.1) is 5.82 Å². The molecule has 0 saturated carbocycles. The fourth-order valence-electron chi connectivity index (χ4n) is 1.59. The van der Waals surface area contributed by atoms with E-state index in [1.165, 1.54) is 5.48 Å². The van der Waals surface area contributed by atoms with Gasteiger partial charge in [0, 0.05) is 6.20 Å². The van der Waals surface area contributed by atoms with Crippen molar-refractivity contribution in [2.75, 3.05) is 0 Å². The average Bonchev–Trinajstić information content (AvgIpc) is 2.49. The molecule has 6 heteroatoms. The Labute approximate surface area is 115 Å². The molecule has 2 aromatic rings. The number of rotatable bonds is 4. The minimum absolute atomic E-state index is 0.0984. The van der Waals surface area contributed by atoms with Gasteiger partial charge >= 0.3 is 0 Å². The summed E-state index contributed by atoms with van der Waals surface area (Å²) in [6.45, 7) is 2.03. The van der Waals surface area contributed by atoms with E-state index in [1.54, 1.807) is 12.1 Å². The number of halogens is 1. The number of carbonyl (C=O) groups is 1. The predicted molar refractivity (Wildman–Crippen MR) is 69.3 cm³/mol. The molecule has 1 heterocycles. The molecule has 0 unspecified atom stereocenters. The lowest BCUT2D eigenvalue weighted by Crippen LogP contribution is -2.19. The lowest BCUT2D eigenvalue weighted by Gasteiger charge is -2.07. The second-order valence-electron chi connectivity index (χ2n) is 4.05. The largest absolute Gasteiger partial charge is 0.436 e. The molecule has 2 N–H and O–H groups in total. The summed E-state index contributed by atoms with van der Waals surface area (Å²) in [7, 11) is 0. The standard InChI is InChI=1S/C14H13FN2O3/c1-2-9-3-5-11(6-4-9)20-14-12(15)7-10(8-16-14)13(18)17-19/h3-8,19H,2H2,1H3,(H,17,18). The van der Waals surface area contributed by atoms with Gasteiger partial charge < -0.3 is 4.74 Å². The summed E-state index contributed by atoms with van der Waals surface area (Å²) < 4.78 is 19.0. The van der Waals surface area contributed by atoms with Gasteiger partial charge in [0.25, 0.3) is 11.8 Å². The summed E-state index contributed by atoms with van der Waals surface area (Å²) in [5.74, 6) is -1.40. The summed E-state index contributed by atoms with van der Waals surface area (Å²) >= 11 is 0. The lowest BCUT2D eigenvalue weighted by molar-refractivity contribution is 0.0705. The van der Waals surface area contributed by atoms with Gasteiger partial charge in [-0.2, -0.15) is 0 Å². The molecule has 0 radical (unpaired) electrons. The Balaban J connectivity index is 2.18. The van der Waals surface area contributed by atoms with E-state index in [0.717, 1.165) is 24.2 Å². The van der Waals surface area contributed by atoms with Crippen LogP contribution in [0.5, 0.6) is 11.6 Å². The molecule has 0 aliphatic carbocycles. The first-order valence-corrected chi connectivity index (χ1v) is 6.00. The van der Waals surface area contributed by atoms with Crippen molar-refractivity contribution in [3.8, 4) is 11.6 Å². The second kappa shape index (κ2) is 6.12. The van der Waals surface area contributed by atoms with Gasteiger partial charge in [-0.25, -0.2) is 14.9 Å². The first kappa shape index (κ1) is 14.0. The maximum Gasteiger partial charge on any atom is 0.276 e. The zero-order valence-electron chi connectivity index (χ0n) is 10.8. The zero-order valence-corrected chi connectivity index (χ0v) is 10.8. The molecular formula is C14H13FN2O3. The van der Waals surface area contributed by atoms with Crippen LogP contribution >= 0.6 is 0 Å². The molecule has 0 aliphatic heterocycles. The van der Waals surface area contributed by atoms with E-state index in [-0.39, 0.29) is 11.4 Å². The van der Waals surface area contributed by atoms with Crippen molar-refractivity contribution in [2.24, 2.45) is 0 Å². The Kier molecular flexibility index (Phi) is 4.27. The van der Waals surface area contributed by atoms with E-state index in [2.05, 4.69) is 4.98 Å². The third-order valence-electron chi connectivity index (χ3n) is 2.72. The smallest absolute Gasteiger partial charge is 0.276 e. The highest BCUT2D eigenvalue weighted by atomic mass is 19.1. The summed E-state index contributed by atoms with van der Waals surface area (Å²) in [5, 5.41) is 8.45. The van der Waals surface area contributed by atoms with Crippen molar-refractivity contribution >= 4 is 5.91 Å². The summed E-state index contributed by atoms with van der Waals surface area (Å²) in [5.41, 5.74) is 2.45. The van der Waals surface area contributed by atoms with Crippen molar-refractivity contribution < 1.29 is 19.1 Å². The molecule has 0 bridgehead atoms. The number of aryl methyl sites for hydroxylation is 1. The van der Waals surface area contributed by atoms with Crippen molar-refractivity contribution in [3.05, 3.63) is 53.5 Å². The van der Waals surface area contributed by atoms with E-state index in [9.17, 15) is 9.18 Å². The first-order chi connectivity index (χ1) is 9.63. The maximum atomic E-state index is 13.7. The number of hydroxylamine groups is 1. The van der Waals surface area contributed by atoms with E-state index < -0.39 is 11.7 Å². The Morgan fingerprint density at radius 3 is 2.65 bits per heavy atom. The summed E-state index contributed by atoms with van der Waals surface area (Å²) in [4.78, 5) is 14.8. The highest BCUT2D eigenvalue weighted by Crippen LogP contribution is 2.23. The zero-order chi connectivity index (χ0) is 14.5. The molecule has 0 atom stereocenters. The van der Waals surface area contributed by atoms with Gasteiger partial charge in [-0.3, -0.25) is 10.0 Å². The van der Waals surface area contributed by atoms with E-state index >= 15 is 0 Å². The molecule has 104 valence electrons. The number of pyridine rings is 1. The van der Waals surface area contributed by atoms with Crippen LogP contribution in [-0.2, 0) is 6.42 Å². The molecule has 0 fully saturated rings. The molecule has 1 amide bonds. The minimum Gasteiger partial charge on any atom is -0.436 e. The number of aromatic nitrogens is 1. The number of amides is 1. The Morgan fingerprint density at radius 2 is 2.10 bits per heavy atom. The Hall–Kier alpha value is -2.47. The highest BCUT2D eigenvalue weighted by molar-refractivity contribution is 5.93. The number of nitrogens with zero attached hydrogens (tertiary/aromatic N) is 1. The SMILES string of the molecule is CCc1ccc(Oc2ncc(C(=O)NO)cc2F)cc1. The molecule has 1 aromatic carbocycles. The summed E-state index contributed by atoms with van der Waals surface area (Å²) in [6, 6.07) is 8.12. The Bertz CT molecular complexity index is 614. The van der Waals surface area contributed by atoms with Crippen LogP contribution < -0.4 is 10.2 Å². The number of hydrogen-bond donors (Lipinski definition) is 2. The topological polar surface area (TPSA) is 71.5 Å². The van der Waals surface area contributed by atoms with Gasteiger partial charge in [0.2, 0.25) is 0 Å². The van der Waals surface area contributed by atoms with Crippen LogP contribution in [0.2, 0.25) is 0 Å². The molecule has 2 rings (SSSR count). The molecule has 0 spiro atoms. The number of benzene rings is 1. The number of carbonyl (C=O) groups excluding carboxylic acids is 1. The van der Waals surface area contributed by atoms with Gasteiger partial charge in [0.05, 0.1) is 5.56 Å². The van der Waals surface area contributed by atoms with Gasteiger partial charge in [-0.05, 0) is 30.2 Å². The second-order valence-corrected chi connectivity index (χ2v) is 4.05. The number of hydrogen-bond acceptors (Lipinski definition) is 4. The Morgan fingerprint density at radius 1 is 1.40 bits per heavy atom. The van der Waals surface area contributed by atoms with E-state index in [4.69, 9.17) is 9.94 Å². The average molecular weight is 276 g/mol. The lowest BCUT2D eigenvalue weighted by atomic mass is 10.2. The van der Waals surface area contributed by atoms with E-state index in [1.807, 2.05) is 19.1 Å². The predicted octanol–water partition coefficient (Wildman–Crippen LogP) is 2.69. The fraction of sp³-hybridized carbons (Fsp3) is 0.143. The third kappa shape index (κ3) is 3.10. The van der Waals surface area contributed by atoms with Crippen molar-refractivity contribution in [2.45, 2.75) is 13.3 Å². The normalized spacial score (nSPS) is 10.2. The number of nitrogens with one attached hydrogen (secondary N) is 1. The van der Waals surface area contributed by atoms with Crippen LogP contribution in [0.3, 0.4) is 0 Å². The minimum atomic E-state index is -0.838. The number of ether oxygens (including phenoxy) is 1. The molecular weight excluding hydrogens is 263 g/mol. The van der Waals surface area contributed by atoms with Crippen LogP contribution in [0.1, 0.15) is 22.8 Å². The van der Waals surface area contributed by atoms with Gasteiger partial charge in [0.15, 0.2) is 5.82 Å². The van der Waals surface area contributed by atoms with Crippen LogP contribution in [-0.4, -0.2) is 16.1 Å². The van der Waals surface area contributed by atoms with Crippen LogP contribution in [0.15, 0.2) is 36.5 Å². The molecule has 20 heavy (non-hydrogen) atoms. The quantitative estimate of drug-likeness (QED) is 0.665. The molecule has 0 aliphatic rings. The van der Waals surface area contributed by atoms with Gasteiger partial charge in [-0.15, -0.1) is 0 Å².